The summed E-state index contributed by atoms with van der Waals surface area (Å²) in [6.07, 6.45) is 4.87. The van der Waals surface area contributed by atoms with Crippen LogP contribution < -0.4 is 5.32 Å². The first-order valence-electron chi connectivity index (χ1n) is 9.09. The van der Waals surface area contributed by atoms with Gasteiger partial charge in [0.25, 0.3) is 0 Å². The number of hydrogen-bond acceptors (Lipinski definition) is 2. The van der Waals surface area contributed by atoms with Crippen LogP contribution in [0.1, 0.15) is 28.9 Å². The fraction of sp³-hybridized carbons (Fsp3) is 0.333. The maximum Gasteiger partial charge on any atom is 0.223 e. The molecule has 2 heterocycles. The molecule has 0 bridgehead atoms. The lowest BCUT2D eigenvalue weighted by Gasteiger charge is -2.21. The Hall–Kier alpha value is -2.69. The summed E-state index contributed by atoms with van der Waals surface area (Å²) in [4.78, 5) is 17.3. The smallest absolute Gasteiger partial charge is 0.223 e. The van der Waals surface area contributed by atoms with Crippen LogP contribution in [0.2, 0.25) is 0 Å². The van der Waals surface area contributed by atoms with Crippen molar-refractivity contribution < 1.29 is 9.18 Å². The molecule has 1 unspecified atom stereocenters. The van der Waals surface area contributed by atoms with Gasteiger partial charge in [-0.3, -0.25) is 4.79 Å². The second-order valence-electron chi connectivity index (χ2n) is 7.01. The second-order valence-corrected chi connectivity index (χ2v) is 7.01. The van der Waals surface area contributed by atoms with Crippen molar-refractivity contribution in [2.45, 2.75) is 32.6 Å². The highest BCUT2D eigenvalue weighted by molar-refractivity contribution is 5.79. The van der Waals surface area contributed by atoms with Crippen LogP contribution in [0.5, 0.6) is 0 Å². The average molecular weight is 351 g/mol. The van der Waals surface area contributed by atoms with Crippen molar-refractivity contribution in [2.75, 3.05) is 6.54 Å². The molecule has 0 saturated heterocycles. The van der Waals surface area contributed by atoms with Gasteiger partial charge in [-0.05, 0) is 55.5 Å². The molecule has 0 spiro atoms. The number of nitrogens with zero attached hydrogens (tertiary/aromatic N) is 2. The van der Waals surface area contributed by atoms with Crippen LogP contribution in [-0.4, -0.2) is 21.8 Å². The molecule has 0 radical (unpaired) electrons. The minimum atomic E-state index is -0.218. The Bertz CT molecular complexity index is 963. The van der Waals surface area contributed by atoms with Crippen molar-refractivity contribution in [2.24, 2.45) is 5.92 Å². The molecular weight excluding hydrogens is 329 g/mol. The van der Waals surface area contributed by atoms with Crippen molar-refractivity contribution in [1.82, 2.24) is 14.7 Å². The maximum atomic E-state index is 13.7. The molecule has 0 saturated carbocycles. The van der Waals surface area contributed by atoms with Gasteiger partial charge in [-0.1, -0.05) is 18.2 Å². The van der Waals surface area contributed by atoms with Crippen LogP contribution in [0.4, 0.5) is 4.39 Å². The van der Waals surface area contributed by atoms with Gasteiger partial charge in [0, 0.05) is 30.8 Å². The lowest BCUT2D eigenvalue weighted by Crippen LogP contribution is -2.35. The van der Waals surface area contributed by atoms with Gasteiger partial charge in [-0.25, -0.2) is 9.37 Å². The Kier molecular flexibility index (Phi) is 4.45. The van der Waals surface area contributed by atoms with Crippen LogP contribution in [0.15, 0.2) is 42.6 Å². The Morgan fingerprint density at radius 1 is 1.35 bits per heavy atom. The molecule has 1 atom stereocenters. The molecule has 2 aromatic heterocycles. The fourth-order valence-electron chi connectivity index (χ4n) is 3.70. The summed E-state index contributed by atoms with van der Waals surface area (Å²) >= 11 is 0. The third-order valence-electron chi connectivity index (χ3n) is 5.16. The molecular formula is C21H22FN3O. The Morgan fingerprint density at radius 2 is 2.19 bits per heavy atom. The third-order valence-corrected chi connectivity index (χ3v) is 5.16. The van der Waals surface area contributed by atoms with Gasteiger partial charge in [0.15, 0.2) is 0 Å². The van der Waals surface area contributed by atoms with Gasteiger partial charge in [0.1, 0.15) is 11.5 Å². The quantitative estimate of drug-likeness (QED) is 0.784. The van der Waals surface area contributed by atoms with Gasteiger partial charge in [-0.2, -0.15) is 0 Å². The SMILES string of the molecule is Cc1ccn2c3c(nc2c1)CCC(C(=O)NCCc1ccccc1F)C3. The minimum absolute atomic E-state index is 0.0500. The maximum absolute atomic E-state index is 13.7. The molecule has 1 aliphatic rings. The number of rotatable bonds is 4. The van der Waals surface area contributed by atoms with Crippen molar-refractivity contribution in [3.63, 3.8) is 0 Å². The van der Waals surface area contributed by atoms with Crippen LogP contribution in [0.3, 0.4) is 0 Å². The molecule has 1 amide bonds. The molecule has 4 rings (SSSR count). The number of fused-ring (bicyclic) bond motifs is 3. The van der Waals surface area contributed by atoms with Crippen LogP contribution in [0, 0.1) is 18.7 Å². The van der Waals surface area contributed by atoms with Crippen LogP contribution >= 0.6 is 0 Å². The number of aryl methyl sites for hydroxylation is 2. The van der Waals surface area contributed by atoms with E-state index in [1.807, 2.05) is 12.3 Å². The Balaban J connectivity index is 1.41. The highest BCUT2D eigenvalue weighted by Gasteiger charge is 2.27. The van der Waals surface area contributed by atoms with Gasteiger partial charge >= 0.3 is 0 Å². The molecule has 26 heavy (non-hydrogen) atoms. The standard InChI is InChI=1S/C21H22FN3O/c1-14-9-11-25-19-13-16(6-7-18(19)24-20(25)12-14)21(26)23-10-8-15-4-2-3-5-17(15)22/h2-5,9,11-12,16H,6-8,10,13H2,1H3,(H,23,26). The molecule has 5 heteroatoms. The van der Waals surface area contributed by atoms with E-state index in [1.54, 1.807) is 12.1 Å². The number of imidazole rings is 1. The number of benzene rings is 1. The summed E-state index contributed by atoms with van der Waals surface area (Å²) in [5, 5.41) is 2.97. The van der Waals surface area contributed by atoms with E-state index in [0.717, 1.165) is 29.9 Å². The number of amides is 1. The highest BCUT2D eigenvalue weighted by atomic mass is 19.1. The summed E-state index contributed by atoms with van der Waals surface area (Å²) in [6, 6.07) is 10.8. The summed E-state index contributed by atoms with van der Waals surface area (Å²) < 4.78 is 15.8. The monoisotopic (exact) mass is 351 g/mol. The number of nitrogens with one attached hydrogen (secondary N) is 1. The summed E-state index contributed by atoms with van der Waals surface area (Å²) in [5.41, 5.74) is 5.01. The van der Waals surface area contributed by atoms with Gasteiger partial charge in [-0.15, -0.1) is 0 Å². The second kappa shape index (κ2) is 6.90. The van der Waals surface area contributed by atoms with Gasteiger partial charge in [0.2, 0.25) is 5.91 Å². The molecule has 1 N–H and O–H groups in total. The number of aromatic nitrogens is 2. The first kappa shape index (κ1) is 16.8. The normalized spacial score (nSPS) is 16.5. The van der Waals surface area contributed by atoms with Gasteiger partial charge < -0.3 is 9.72 Å². The molecule has 1 aliphatic carbocycles. The molecule has 0 fully saturated rings. The van der Waals surface area contributed by atoms with Crippen molar-refractivity contribution in [3.8, 4) is 0 Å². The number of carbonyl (C=O) groups excluding carboxylic acids is 1. The molecule has 4 nitrogen and oxygen atoms in total. The lowest BCUT2D eigenvalue weighted by molar-refractivity contribution is -0.125. The Morgan fingerprint density at radius 3 is 3.04 bits per heavy atom. The average Bonchev–Trinajstić information content (AvgIpc) is 2.99. The summed E-state index contributed by atoms with van der Waals surface area (Å²) in [5.74, 6) is -0.219. The zero-order valence-corrected chi connectivity index (χ0v) is 14.8. The number of pyridine rings is 1. The molecule has 1 aromatic carbocycles. The molecule has 0 aliphatic heterocycles. The number of carbonyl (C=O) groups is 1. The van der Waals surface area contributed by atoms with E-state index >= 15 is 0 Å². The van der Waals surface area contributed by atoms with E-state index < -0.39 is 0 Å². The zero-order chi connectivity index (χ0) is 18.1. The van der Waals surface area contributed by atoms with Gasteiger partial charge in [0.05, 0.1) is 5.69 Å². The van der Waals surface area contributed by atoms with Crippen molar-refractivity contribution in [1.29, 1.82) is 0 Å². The lowest BCUT2D eigenvalue weighted by atomic mass is 9.89. The fourth-order valence-corrected chi connectivity index (χ4v) is 3.70. The van der Waals surface area contributed by atoms with E-state index in [1.165, 1.54) is 11.6 Å². The predicted molar refractivity (Wildman–Crippen MR) is 98.6 cm³/mol. The van der Waals surface area contributed by atoms with Crippen LogP contribution in [0.25, 0.3) is 5.65 Å². The molecule has 3 aromatic rings. The topological polar surface area (TPSA) is 46.4 Å². The van der Waals surface area contributed by atoms with E-state index in [-0.39, 0.29) is 17.6 Å². The number of halogens is 1. The zero-order valence-electron chi connectivity index (χ0n) is 14.8. The summed E-state index contributed by atoms with van der Waals surface area (Å²) in [6.45, 7) is 2.51. The van der Waals surface area contributed by atoms with E-state index in [9.17, 15) is 9.18 Å². The minimum Gasteiger partial charge on any atom is -0.356 e. The van der Waals surface area contributed by atoms with E-state index in [2.05, 4.69) is 28.8 Å². The van der Waals surface area contributed by atoms with Crippen molar-refractivity contribution >= 4 is 11.6 Å². The van der Waals surface area contributed by atoms with Crippen LogP contribution in [-0.2, 0) is 24.1 Å². The van der Waals surface area contributed by atoms with E-state index in [0.29, 0.717) is 24.9 Å². The Labute approximate surface area is 152 Å². The molecule has 134 valence electrons. The first-order valence-corrected chi connectivity index (χ1v) is 9.09. The van der Waals surface area contributed by atoms with E-state index in [4.69, 9.17) is 4.98 Å². The largest absolute Gasteiger partial charge is 0.356 e. The number of hydrogen-bond donors (Lipinski definition) is 1. The predicted octanol–water partition coefficient (Wildman–Crippen LogP) is 3.25. The third kappa shape index (κ3) is 3.21. The highest BCUT2D eigenvalue weighted by Crippen LogP contribution is 2.26. The first-order chi connectivity index (χ1) is 12.6. The summed E-state index contributed by atoms with van der Waals surface area (Å²) in [7, 11) is 0. The van der Waals surface area contributed by atoms with Crippen molar-refractivity contribution in [3.05, 3.63) is 70.9 Å².